The van der Waals surface area contributed by atoms with Gasteiger partial charge in [-0.3, -0.25) is 9.59 Å². The monoisotopic (exact) mass is 482 g/mol. The standard InChI is InChI=1S/C21H28N4O2.C2HF3O2/c1-3-21(27)25-14(2)11-18(17-7-4-5-8-19(17)25)23-15-12-16(13-15)24-20(26)9-6-10-22;3-2(4,5)1(6)7/h4-5,7-8,14-16,18,23H,3,10-13,22H2,1-2H3,(H,24,26);(H,6,7)/t14-,15?,16?,18+;/m0./s1. The summed E-state index contributed by atoms with van der Waals surface area (Å²) in [6, 6.07) is 9.05. The number of aliphatic carboxylic acids is 1. The third kappa shape index (κ3) is 7.20. The Kier molecular flexibility index (Phi) is 9.46. The van der Waals surface area contributed by atoms with Crippen molar-refractivity contribution in [3.05, 3.63) is 29.8 Å². The summed E-state index contributed by atoms with van der Waals surface area (Å²) in [5.74, 6) is 2.22. The number of nitrogens with zero attached hydrogens (tertiary/aromatic N) is 1. The molecule has 2 amide bonds. The highest BCUT2D eigenvalue weighted by Crippen LogP contribution is 2.38. The number of hydrogen-bond acceptors (Lipinski definition) is 5. The Labute approximate surface area is 196 Å². The maximum absolute atomic E-state index is 12.4. The Balaban J connectivity index is 0.000000509. The Morgan fingerprint density at radius 1 is 1.18 bits per heavy atom. The number of carbonyl (C=O) groups excluding carboxylic acids is 2. The summed E-state index contributed by atoms with van der Waals surface area (Å²) >= 11 is 0. The maximum Gasteiger partial charge on any atom is 0.490 e. The molecule has 1 saturated carbocycles. The molecule has 1 aliphatic heterocycles. The lowest BCUT2D eigenvalue weighted by atomic mass is 9.83. The van der Waals surface area contributed by atoms with Crippen molar-refractivity contribution in [3.8, 4) is 11.8 Å². The van der Waals surface area contributed by atoms with E-state index in [1.807, 2.05) is 30.0 Å². The number of nitrogens with one attached hydrogen (secondary N) is 2. The van der Waals surface area contributed by atoms with E-state index in [4.69, 9.17) is 15.6 Å². The Morgan fingerprint density at radius 3 is 2.35 bits per heavy atom. The number of rotatable bonds is 4. The van der Waals surface area contributed by atoms with Gasteiger partial charge in [-0.1, -0.05) is 31.0 Å². The SMILES string of the molecule is CCC(=O)N1c2ccccc2[C@H](NC2CC(NC(=O)C#CCN)C2)C[C@@H]1C.O=C(O)C(F)(F)F. The number of carboxylic acids is 1. The molecule has 0 bridgehead atoms. The average molecular weight is 483 g/mol. The van der Waals surface area contributed by atoms with E-state index >= 15 is 0 Å². The average Bonchev–Trinajstić information content (AvgIpc) is 2.75. The number of halogens is 3. The zero-order valence-electron chi connectivity index (χ0n) is 19.0. The molecule has 0 spiro atoms. The van der Waals surface area contributed by atoms with Crippen LogP contribution in [0.3, 0.4) is 0 Å². The van der Waals surface area contributed by atoms with E-state index in [9.17, 15) is 22.8 Å². The third-order valence-electron chi connectivity index (χ3n) is 5.62. The first-order valence-electron chi connectivity index (χ1n) is 10.9. The molecule has 1 fully saturated rings. The maximum atomic E-state index is 12.4. The Morgan fingerprint density at radius 2 is 1.79 bits per heavy atom. The summed E-state index contributed by atoms with van der Waals surface area (Å²) in [5, 5.41) is 13.8. The van der Waals surface area contributed by atoms with Crippen LogP contribution in [0.1, 0.15) is 51.1 Å². The van der Waals surface area contributed by atoms with Crippen LogP contribution in [0, 0.1) is 11.8 Å². The number of para-hydroxylation sites is 1. The number of anilines is 1. The molecule has 2 atom stereocenters. The van der Waals surface area contributed by atoms with Gasteiger partial charge >= 0.3 is 12.1 Å². The molecule has 186 valence electrons. The van der Waals surface area contributed by atoms with E-state index in [0.717, 1.165) is 24.9 Å². The van der Waals surface area contributed by atoms with E-state index in [1.54, 1.807) is 0 Å². The fourth-order valence-electron chi connectivity index (χ4n) is 4.03. The second-order valence-corrected chi connectivity index (χ2v) is 8.13. The van der Waals surface area contributed by atoms with Crippen LogP contribution in [0.25, 0.3) is 0 Å². The van der Waals surface area contributed by atoms with Gasteiger partial charge in [-0.25, -0.2) is 4.79 Å². The van der Waals surface area contributed by atoms with E-state index in [2.05, 4.69) is 35.5 Å². The number of fused-ring (bicyclic) bond motifs is 1. The van der Waals surface area contributed by atoms with Crippen molar-refractivity contribution in [1.82, 2.24) is 10.6 Å². The van der Waals surface area contributed by atoms with Crippen LogP contribution in [0.15, 0.2) is 24.3 Å². The first kappa shape index (κ1) is 27.1. The van der Waals surface area contributed by atoms with Gasteiger partial charge < -0.3 is 26.4 Å². The quantitative estimate of drug-likeness (QED) is 0.487. The third-order valence-corrected chi connectivity index (χ3v) is 5.62. The molecular weight excluding hydrogens is 453 g/mol. The second kappa shape index (κ2) is 11.9. The molecule has 0 unspecified atom stereocenters. The van der Waals surface area contributed by atoms with Gasteiger partial charge in [-0.15, -0.1) is 0 Å². The molecule has 3 rings (SSSR count). The van der Waals surface area contributed by atoms with E-state index in [-0.39, 0.29) is 36.5 Å². The number of nitrogens with two attached hydrogens (primary N) is 1. The van der Waals surface area contributed by atoms with Crippen molar-refractivity contribution in [1.29, 1.82) is 0 Å². The van der Waals surface area contributed by atoms with Crippen molar-refractivity contribution < 1.29 is 32.7 Å². The van der Waals surface area contributed by atoms with Crippen molar-refractivity contribution in [2.45, 2.75) is 69.9 Å². The second-order valence-electron chi connectivity index (χ2n) is 8.13. The minimum absolute atomic E-state index is 0.159. The summed E-state index contributed by atoms with van der Waals surface area (Å²) in [6.45, 7) is 4.21. The van der Waals surface area contributed by atoms with Gasteiger partial charge in [-0.2, -0.15) is 13.2 Å². The molecule has 2 aliphatic rings. The van der Waals surface area contributed by atoms with Crippen LogP contribution in [0.2, 0.25) is 0 Å². The van der Waals surface area contributed by atoms with Crippen LogP contribution in [0.5, 0.6) is 0 Å². The van der Waals surface area contributed by atoms with Crippen molar-refractivity contribution in [2.24, 2.45) is 5.73 Å². The first-order chi connectivity index (χ1) is 16.0. The molecule has 1 aliphatic carbocycles. The molecule has 1 aromatic rings. The molecule has 5 N–H and O–H groups in total. The molecule has 1 aromatic carbocycles. The highest BCUT2D eigenvalue weighted by atomic mass is 19.4. The molecule has 34 heavy (non-hydrogen) atoms. The zero-order valence-corrected chi connectivity index (χ0v) is 19.0. The van der Waals surface area contributed by atoms with Gasteiger partial charge in [0.2, 0.25) is 5.91 Å². The molecule has 0 saturated heterocycles. The van der Waals surface area contributed by atoms with Gasteiger partial charge in [0.25, 0.3) is 5.91 Å². The normalized spacial score (nSPS) is 23.2. The molecule has 11 heteroatoms. The van der Waals surface area contributed by atoms with Gasteiger partial charge in [0.05, 0.1) is 6.54 Å². The van der Waals surface area contributed by atoms with Crippen molar-refractivity contribution >= 4 is 23.5 Å². The zero-order chi connectivity index (χ0) is 25.5. The number of alkyl halides is 3. The van der Waals surface area contributed by atoms with Crippen LogP contribution in [0.4, 0.5) is 18.9 Å². The Hall–Kier alpha value is -3.10. The largest absolute Gasteiger partial charge is 0.490 e. The van der Waals surface area contributed by atoms with Gasteiger partial charge in [0, 0.05) is 36.3 Å². The van der Waals surface area contributed by atoms with E-state index in [0.29, 0.717) is 12.5 Å². The predicted molar refractivity (Wildman–Crippen MR) is 120 cm³/mol. The molecule has 0 radical (unpaired) electrons. The molecule has 0 aromatic heterocycles. The highest BCUT2D eigenvalue weighted by Gasteiger charge is 2.38. The minimum Gasteiger partial charge on any atom is -0.475 e. The fraction of sp³-hybridized carbons (Fsp3) is 0.522. The topological polar surface area (TPSA) is 125 Å². The smallest absolute Gasteiger partial charge is 0.475 e. The number of hydrogen-bond donors (Lipinski definition) is 4. The van der Waals surface area contributed by atoms with Crippen molar-refractivity contribution in [3.63, 3.8) is 0 Å². The molecular formula is C23H29F3N4O4. The first-order valence-corrected chi connectivity index (χ1v) is 10.9. The lowest BCUT2D eigenvalue weighted by molar-refractivity contribution is -0.192. The van der Waals surface area contributed by atoms with Gasteiger partial charge in [0.1, 0.15) is 0 Å². The predicted octanol–water partition coefficient (Wildman–Crippen LogP) is 2.10. The summed E-state index contributed by atoms with van der Waals surface area (Å²) in [7, 11) is 0. The van der Waals surface area contributed by atoms with E-state index < -0.39 is 12.1 Å². The highest BCUT2D eigenvalue weighted by molar-refractivity contribution is 5.95. The van der Waals surface area contributed by atoms with Crippen LogP contribution >= 0.6 is 0 Å². The van der Waals surface area contributed by atoms with Gasteiger partial charge in [0.15, 0.2) is 0 Å². The summed E-state index contributed by atoms with van der Waals surface area (Å²) in [4.78, 5) is 34.9. The number of amides is 2. The fourth-order valence-corrected chi connectivity index (χ4v) is 4.03. The van der Waals surface area contributed by atoms with Crippen LogP contribution in [-0.4, -0.2) is 53.7 Å². The summed E-state index contributed by atoms with van der Waals surface area (Å²) < 4.78 is 31.7. The van der Waals surface area contributed by atoms with E-state index in [1.165, 1.54) is 5.56 Å². The summed E-state index contributed by atoms with van der Waals surface area (Å²) in [6.07, 6.45) is -1.91. The van der Waals surface area contributed by atoms with Gasteiger partial charge in [-0.05, 0) is 43.7 Å². The lowest BCUT2D eigenvalue weighted by Gasteiger charge is -2.44. The summed E-state index contributed by atoms with van der Waals surface area (Å²) in [5.41, 5.74) is 7.47. The number of carbonyl (C=O) groups is 3. The lowest BCUT2D eigenvalue weighted by Crippen LogP contribution is -2.54. The minimum atomic E-state index is -5.08. The number of benzene rings is 1. The number of carboxylic acid groups (broad SMARTS) is 1. The molecule has 1 heterocycles. The van der Waals surface area contributed by atoms with Crippen LogP contribution in [-0.2, 0) is 14.4 Å². The van der Waals surface area contributed by atoms with Crippen LogP contribution < -0.4 is 21.3 Å². The molecule has 8 nitrogen and oxygen atoms in total. The van der Waals surface area contributed by atoms with Crippen molar-refractivity contribution in [2.75, 3.05) is 11.4 Å². The Bertz CT molecular complexity index is 952.